The third kappa shape index (κ3) is 11.7. The highest BCUT2D eigenvalue weighted by molar-refractivity contribution is 5.99. The molecule has 50 heavy (non-hydrogen) atoms. The summed E-state index contributed by atoms with van der Waals surface area (Å²) in [7, 11) is 0. The molecule has 0 atom stereocenters. The number of ether oxygens (including phenoxy) is 6. The van der Waals surface area contributed by atoms with Crippen LogP contribution in [-0.4, -0.2) is 50.3 Å². The molecule has 0 aliphatic heterocycles. The molecule has 10 heteroatoms. The fourth-order valence-corrected chi connectivity index (χ4v) is 4.73. The van der Waals surface area contributed by atoms with Crippen molar-refractivity contribution in [2.45, 2.75) is 38.5 Å². The SMILES string of the molecule is C=CC(=O)OCCCCCOc1ccc(C(=O)Oc2cccc3c(OC(=O)c4ccc(OCCCCCOC(=O)C=C)cc4)cccc23)cc1. The van der Waals surface area contributed by atoms with Crippen LogP contribution in [0.2, 0.25) is 0 Å². The number of esters is 4. The van der Waals surface area contributed by atoms with E-state index >= 15 is 0 Å². The molecule has 0 aromatic heterocycles. The highest BCUT2D eigenvalue weighted by atomic mass is 16.5. The Balaban J connectivity index is 1.26. The minimum atomic E-state index is -0.545. The first-order chi connectivity index (χ1) is 24.4. The zero-order chi connectivity index (χ0) is 35.6. The molecule has 0 unspecified atom stereocenters. The lowest BCUT2D eigenvalue weighted by Crippen LogP contribution is -2.10. The number of carbonyl (C=O) groups is 4. The van der Waals surface area contributed by atoms with Crippen LogP contribution in [0.4, 0.5) is 0 Å². The Labute approximate surface area is 291 Å². The maximum atomic E-state index is 13.0. The molecule has 4 aromatic rings. The van der Waals surface area contributed by atoms with E-state index in [4.69, 9.17) is 28.4 Å². The average molecular weight is 681 g/mol. The number of fused-ring (bicyclic) bond motifs is 1. The van der Waals surface area contributed by atoms with Crippen molar-refractivity contribution in [3.05, 3.63) is 121 Å². The predicted molar refractivity (Wildman–Crippen MR) is 188 cm³/mol. The van der Waals surface area contributed by atoms with Gasteiger partial charge in [0.05, 0.1) is 37.6 Å². The molecule has 260 valence electrons. The number of unbranched alkanes of at least 4 members (excludes halogenated alkanes) is 4. The Kier molecular flexibility index (Phi) is 14.6. The van der Waals surface area contributed by atoms with Gasteiger partial charge in [0, 0.05) is 22.9 Å². The molecule has 0 aliphatic rings. The minimum Gasteiger partial charge on any atom is -0.494 e. The molecular weight excluding hydrogens is 640 g/mol. The van der Waals surface area contributed by atoms with Crippen molar-refractivity contribution in [3.63, 3.8) is 0 Å². The molecule has 0 amide bonds. The van der Waals surface area contributed by atoms with Gasteiger partial charge in [0.25, 0.3) is 0 Å². The first kappa shape index (κ1) is 36.9. The molecule has 4 rings (SSSR count). The van der Waals surface area contributed by atoms with Crippen LogP contribution in [0.25, 0.3) is 10.8 Å². The van der Waals surface area contributed by atoms with Crippen molar-refractivity contribution in [3.8, 4) is 23.0 Å². The van der Waals surface area contributed by atoms with Crippen LogP contribution < -0.4 is 18.9 Å². The Morgan fingerprint density at radius 3 is 1.24 bits per heavy atom. The van der Waals surface area contributed by atoms with Gasteiger partial charge in [0.2, 0.25) is 0 Å². The summed E-state index contributed by atoms with van der Waals surface area (Å²) >= 11 is 0. The van der Waals surface area contributed by atoms with E-state index in [-0.39, 0.29) is 0 Å². The molecule has 0 heterocycles. The summed E-state index contributed by atoms with van der Waals surface area (Å²) in [4.78, 5) is 48.1. The number of hydrogen-bond acceptors (Lipinski definition) is 10. The molecule has 0 bridgehead atoms. The summed E-state index contributed by atoms with van der Waals surface area (Å²) in [5, 5.41) is 1.21. The van der Waals surface area contributed by atoms with Crippen LogP contribution in [0.15, 0.2) is 110 Å². The van der Waals surface area contributed by atoms with Crippen molar-refractivity contribution in [1.82, 2.24) is 0 Å². The van der Waals surface area contributed by atoms with Gasteiger partial charge in [-0.05, 0) is 99.2 Å². The molecular formula is C40H40O10. The number of rotatable bonds is 20. The number of hydrogen-bond donors (Lipinski definition) is 0. The van der Waals surface area contributed by atoms with Gasteiger partial charge in [-0.25, -0.2) is 19.2 Å². The van der Waals surface area contributed by atoms with Crippen LogP contribution in [0.5, 0.6) is 23.0 Å². The molecule has 0 spiro atoms. The predicted octanol–water partition coefficient (Wildman–Crippen LogP) is 7.83. The van der Waals surface area contributed by atoms with Gasteiger partial charge >= 0.3 is 23.9 Å². The normalized spacial score (nSPS) is 10.5. The molecule has 0 radical (unpaired) electrons. The van der Waals surface area contributed by atoms with Crippen LogP contribution in [0.1, 0.15) is 59.2 Å². The Morgan fingerprint density at radius 1 is 0.480 bits per heavy atom. The zero-order valence-corrected chi connectivity index (χ0v) is 27.8. The van der Waals surface area contributed by atoms with E-state index in [0.29, 0.717) is 71.3 Å². The van der Waals surface area contributed by atoms with Gasteiger partial charge in [-0.15, -0.1) is 0 Å². The van der Waals surface area contributed by atoms with E-state index in [1.54, 1.807) is 84.9 Å². The second kappa shape index (κ2) is 19.8. The Bertz CT molecular complexity index is 1630. The van der Waals surface area contributed by atoms with Crippen LogP contribution >= 0.6 is 0 Å². The van der Waals surface area contributed by atoms with Crippen LogP contribution in [0, 0.1) is 0 Å². The third-order valence-corrected chi connectivity index (χ3v) is 7.36. The lowest BCUT2D eigenvalue weighted by molar-refractivity contribution is -0.138. The van der Waals surface area contributed by atoms with Crippen molar-refractivity contribution >= 4 is 34.6 Å². The van der Waals surface area contributed by atoms with Gasteiger partial charge in [-0.1, -0.05) is 37.4 Å². The fourth-order valence-electron chi connectivity index (χ4n) is 4.73. The second-order valence-corrected chi connectivity index (χ2v) is 11.0. The summed E-state index contributed by atoms with van der Waals surface area (Å²) in [6.07, 6.45) is 7.00. The van der Waals surface area contributed by atoms with Gasteiger partial charge in [0.15, 0.2) is 0 Å². The van der Waals surface area contributed by atoms with E-state index in [1.165, 1.54) is 0 Å². The summed E-state index contributed by atoms with van der Waals surface area (Å²) in [5.41, 5.74) is 0.694. The van der Waals surface area contributed by atoms with Gasteiger partial charge in [0.1, 0.15) is 23.0 Å². The fraction of sp³-hybridized carbons (Fsp3) is 0.250. The molecule has 0 fully saturated rings. The van der Waals surface area contributed by atoms with Crippen molar-refractivity contribution in [2.24, 2.45) is 0 Å². The first-order valence-electron chi connectivity index (χ1n) is 16.4. The van der Waals surface area contributed by atoms with Gasteiger partial charge in [-0.3, -0.25) is 0 Å². The van der Waals surface area contributed by atoms with Crippen molar-refractivity contribution in [2.75, 3.05) is 26.4 Å². The highest BCUT2D eigenvalue weighted by Gasteiger charge is 2.15. The second-order valence-electron chi connectivity index (χ2n) is 11.0. The van der Waals surface area contributed by atoms with Crippen LogP contribution in [0.3, 0.4) is 0 Å². The van der Waals surface area contributed by atoms with Gasteiger partial charge in [-0.2, -0.15) is 0 Å². The van der Waals surface area contributed by atoms with Crippen molar-refractivity contribution < 1.29 is 47.6 Å². The van der Waals surface area contributed by atoms with E-state index in [0.717, 1.165) is 50.7 Å². The van der Waals surface area contributed by atoms with Crippen LogP contribution in [-0.2, 0) is 19.1 Å². The molecule has 0 aliphatic carbocycles. The average Bonchev–Trinajstić information content (AvgIpc) is 3.14. The molecule has 0 saturated heterocycles. The Morgan fingerprint density at radius 2 is 0.860 bits per heavy atom. The lowest BCUT2D eigenvalue weighted by Gasteiger charge is -2.12. The van der Waals surface area contributed by atoms with E-state index in [2.05, 4.69) is 13.2 Å². The van der Waals surface area contributed by atoms with E-state index in [1.807, 2.05) is 0 Å². The smallest absolute Gasteiger partial charge is 0.343 e. The highest BCUT2D eigenvalue weighted by Crippen LogP contribution is 2.33. The lowest BCUT2D eigenvalue weighted by atomic mass is 10.1. The molecule has 10 nitrogen and oxygen atoms in total. The summed E-state index contributed by atoms with van der Waals surface area (Å²) < 4.78 is 32.9. The molecule has 0 saturated carbocycles. The largest absolute Gasteiger partial charge is 0.494 e. The van der Waals surface area contributed by atoms with Gasteiger partial charge < -0.3 is 28.4 Å². The topological polar surface area (TPSA) is 124 Å². The monoisotopic (exact) mass is 680 g/mol. The summed E-state index contributed by atoms with van der Waals surface area (Å²) in [6, 6.07) is 23.7. The summed E-state index contributed by atoms with van der Waals surface area (Å²) in [6.45, 7) is 8.39. The quantitative estimate of drug-likeness (QED) is 0.0395. The summed E-state index contributed by atoms with van der Waals surface area (Å²) in [5.74, 6) is -0.0545. The standard InChI is InChI=1S/C40H40O10/c1-3-37(41)47-27-9-5-7-25-45-31-21-17-29(18-22-31)39(43)49-35-15-11-14-34-33(35)13-12-16-36(34)50-40(44)30-19-23-32(24-20-30)46-26-8-6-10-28-48-38(42)4-2/h3-4,11-24H,1-2,5-10,25-28H2. The maximum Gasteiger partial charge on any atom is 0.343 e. The van der Waals surface area contributed by atoms with E-state index in [9.17, 15) is 19.2 Å². The van der Waals surface area contributed by atoms with E-state index < -0.39 is 23.9 Å². The first-order valence-corrected chi connectivity index (χ1v) is 16.4. The Hall–Kier alpha value is -5.90. The zero-order valence-electron chi connectivity index (χ0n) is 27.8. The van der Waals surface area contributed by atoms with Crippen molar-refractivity contribution in [1.29, 1.82) is 0 Å². The molecule has 4 aromatic carbocycles. The maximum absolute atomic E-state index is 13.0. The minimum absolute atomic E-state index is 0.323. The molecule has 0 N–H and O–H groups in total. The number of carbonyl (C=O) groups excluding carboxylic acids is 4. The number of benzene rings is 4. The third-order valence-electron chi connectivity index (χ3n) is 7.36.